The van der Waals surface area contributed by atoms with Crippen LogP contribution in [0.3, 0.4) is 0 Å². The number of hydrazone groups is 1. The van der Waals surface area contributed by atoms with Crippen LogP contribution < -0.4 is 10.7 Å². The number of nitrogens with zero attached hydrogens (tertiary/aromatic N) is 1. The second-order valence-electron chi connectivity index (χ2n) is 4.54. The van der Waals surface area contributed by atoms with Crippen molar-refractivity contribution in [3.05, 3.63) is 47.2 Å². The van der Waals surface area contributed by atoms with Crippen LogP contribution in [0.1, 0.15) is 29.5 Å². The Morgan fingerprint density at radius 2 is 2.25 bits per heavy atom. The van der Waals surface area contributed by atoms with Crippen LogP contribution in [0, 0.1) is 13.8 Å². The van der Waals surface area contributed by atoms with Crippen LogP contribution in [0.15, 0.2) is 34.1 Å². The maximum Gasteiger partial charge on any atom is 0.187 e. The fraction of sp³-hybridized carbons (Fsp3) is 0.286. The Bertz CT molecular complexity index is 594. The largest absolute Gasteiger partial charge is 0.467 e. The van der Waals surface area contributed by atoms with Crippen molar-refractivity contribution in [2.75, 3.05) is 0 Å². The summed E-state index contributed by atoms with van der Waals surface area (Å²) in [5.74, 6) is 0.826. The standard InChI is InChI=1S/C14H18N4OS/c1-9-7-15-10(2)13(9)11(3)17-18-14(20)16-8-12-5-4-6-19-12/h4-7,15H,8H2,1-3H3,(H2,16,18,20)/b17-11+. The van der Waals surface area contributed by atoms with Gasteiger partial charge in [-0.2, -0.15) is 5.10 Å². The van der Waals surface area contributed by atoms with E-state index in [1.165, 1.54) is 5.56 Å². The van der Waals surface area contributed by atoms with E-state index in [-0.39, 0.29) is 0 Å². The third-order valence-corrected chi connectivity index (χ3v) is 3.20. The van der Waals surface area contributed by atoms with Crippen molar-refractivity contribution < 1.29 is 4.42 Å². The number of nitrogens with one attached hydrogen (secondary N) is 3. The van der Waals surface area contributed by atoms with Gasteiger partial charge in [-0.05, 0) is 50.7 Å². The van der Waals surface area contributed by atoms with E-state index in [1.807, 2.05) is 39.1 Å². The van der Waals surface area contributed by atoms with Crippen molar-refractivity contribution in [2.24, 2.45) is 5.10 Å². The Kier molecular flexibility index (Phi) is 4.57. The molecule has 0 aliphatic heterocycles. The molecule has 0 fully saturated rings. The number of furan rings is 1. The molecule has 0 radical (unpaired) electrons. The van der Waals surface area contributed by atoms with Gasteiger partial charge in [-0.15, -0.1) is 0 Å². The molecule has 2 aromatic rings. The summed E-state index contributed by atoms with van der Waals surface area (Å²) in [6, 6.07) is 3.73. The number of H-pyrrole nitrogens is 1. The van der Waals surface area contributed by atoms with Crippen LogP contribution in [0.2, 0.25) is 0 Å². The molecule has 0 aliphatic rings. The first kappa shape index (κ1) is 14.3. The van der Waals surface area contributed by atoms with E-state index in [0.717, 1.165) is 22.7 Å². The fourth-order valence-electron chi connectivity index (χ4n) is 2.02. The minimum Gasteiger partial charge on any atom is -0.467 e. The molecule has 0 spiro atoms. The van der Waals surface area contributed by atoms with Crippen LogP contribution in [0.25, 0.3) is 0 Å². The Morgan fingerprint density at radius 3 is 2.85 bits per heavy atom. The molecule has 0 saturated carbocycles. The SMILES string of the molecule is C/C(=N\NC(=S)NCc1ccco1)c1c(C)c[nH]c1C. The van der Waals surface area contributed by atoms with Crippen molar-refractivity contribution in [1.29, 1.82) is 0 Å². The molecule has 0 atom stereocenters. The second kappa shape index (κ2) is 6.38. The fourth-order valence-corrected chi connectivity index (χ4v) is 2.14. The highest BCUT2D eigenvalue weighted by Gasteiger charge is 2.07. The lowest BCUT2D eigenvalue weighted by molar-refractivity contribution is 0.502. The maximum absolute atomic E-state index is 5.21. The summed E-state index contributed by atoms with van der Waals surface area (Å²) >= 11 is 5.16. The number of hydrogen-bond acceptors (Lipinski definition) is 3. The lowest BCUT2D eigenvalue weighted by Gasteiger charge is -2.07. The van der Waals surface area contributed by atoms with Crippen LogP contribution >= 0.6 is 12.2 Å². The van der Waals surface area contributed by atoms with Gasteiger partial charge in [0, 0.05) is 17.5 Å². The van der Waals surface area contributed by atoms with Gasteiger partial charge >= 0.3 is 0 Å². The number of aromatic nitrogens is 1. The predicted octanol–water partition coefficient (Wildman–Crippen LogP) is 2.61. The molecule has 6 heteroatoms. The molecule has 0 aromatic carbocycles. The van der Waals surface area contributed by atoms with Crippen molar-refractivity contribution in [3.8, 4) is 0 Å². The highest BCUT2D eigenvalue weighted by Crippen LogP contribution is 2.12. The zero-order valence-corrected chi connectivity index (χ0v) is 12.6. The van der Waals surface area contributed by atoms with Crippen LogP contribution in [0.4, 0.5) is 0 Å². The minimum absolute atomic E-state index is 0.464. The molecule has 2 aromatic heterocycles. The summed E-state index contributed by atoms with van der Waals surface area (Å²) in [5.41, 5.74) is 7.11. The third-order valence-electron chi connectivity index (χ3n) is 2.96. The van der Waals surface area contributed by atoms with Gasteiger partial charge in [0.2, 0.25) is 0 Å². The molecule has 3 N–H and O–H groups in total. The number of rotatable bonds is 4. The van der Waals surface area contributed by atoms with Crippen molar-refractivity contribution in [3.63, 3.8) is 0 Å². The molecular formula is C14H18N4OS. The van der Waals surface area contributed by atoms with Gasteiger partial charge < -0.3 is 14.7 Å². The molecule has 0 bridgehead atoms. The number of hydrogen-bond donors (Lipinski definition) is 3. The molecule has 0 aliphatic carbocycles. The van der Waals surface area contributed by atoms with E-state index in [4.69, 9.17) is 16.6 Å². The first-order valence-corrected chi connectivity index (χ1v) is 6.74. The Labute approximate surface area is 123 Å². The molecular weight excluding hydrogens is 272 g/mol. The van der Waals surface area contributed by atoms with Crippen molar-refractivity contribution >= 4 is 23.0 Å². The monoisotopic (exact) mass is 290 g/mol. The highest BCUT2D eigenvalue weighted by atomic mass is 32.1. The van der Waals surface area contributed by atoms with E-state index in [0.29, 0.717) is 11.7 Å². The van der Waals surface area contributed by atoms with Crippen molar-refractivity contribution in [1.82, 2.24) is 15.7 Å². The van der Waals surface area contributed by atoms with Gasteiger partial charge in [-0.25, -0.2) is 0 Å². The first-order valence-electron chi connectivity index (χ1n) is 6.33. The van der Waals surface area contributed by atoms with Crippen LogP contribution in [-0.2, 0) is 6.54 Å². The van der Waals surface area contributed by atoms with Crippen LogP contribution in [0.5, 0.6) is 0 Å². The Hall–Kier alpha value is -2.08. The zero-order valence-electron chi connectivity index (χ0n) is 11.8. The Morgan fingerprint density at radius 1 is 1.45 bits per heavy atom. The number of aryl methyl sites for hydroxylation is 2. The van der Waals surface area contributed by atoms with Gasteiger partial charge in [0.05, 0.1) is 18.5 Å². The average Bonchev–Trinajstić information content (AvgIpc) is 3.04. The molecule has 106 valence electrons. The summed E-state index contributed by atoms with van der Waals surface area (Å²) in [6.45, 7) is 6.56. The van der Waals surface area contributed by atoms with Gasteiger partial charge in [0.1, 0.15) is 5.76 Å². The normalized spacial score (nSPS) is 11.4. The summed E-state index contributed by atoms with van der Waals surface area (Å²) in [7, 11) is 0. The number of aromatic amines is 1. The smallest absolute Gasteiger partial charge is 0.187 e. The molecule has 20 heavy (non-hydrogen) atoms. The summed E-state index contributed by atoms with van der Waals surface area (Å²) in [6.07, 6.45) is 3.60. The molecule has 2 heterocycles. The summed E-state index contributed by atoms with van der Waals surface area (Å²) < 4.78 is 5.21. The maximum atomic E-state index is 5.21. The van der Waals surface area contributed by atoms with E-state index < -0.39 is 0 Å². The lowest BCUT2D eigenvalue weighted by atomic mass is 10.1. The van der Waals surface area contributed by atoms with Gasteiger partial charge in [-0.3, -0.25) is 5.43 Å². The molecule has 0 unspecified atom stereocenters. The number of thiocarbonyl (C=S) groups is 1. The molecule has 5 nitrogen and oxygen atoms in total. The summed E-state index contributed by atoms with van der Waals surface area (Å²) in [5, 5.41) is 7.79. The average molecular weight is 290 g/mol. The van der Waals surface area contributed by atoms with Crippen molar-refractivity contribution in [2.45, 2.75) is 27.3 Å². The van der Waals surface area contributed by atoms with Gasteiger partial charge in [-0.1, -0.05) is 0 Å². The van der Waals surface area contributed by atoms with Gasteiger partial charge in [0.15, 0.2) is 5.11 Å². The minimum atomic E-state index is 0.464. The lowest BCUT2D eigenvalue weighted by Crippen LogP contribution is -2.32. The quantitative estimate of drug-likeness (QED) is 0.460. The first-order chi connectivity index (χ1) is 9.58. The topological polar surface area (TPSA) is 65.3 Å². The van der Waals surface area contributed by atoms with E-state index in [1.54, 1.807) is 6.26 Å². The molecule has 0 saturated heterocycles. The van der Waals surface area contributed by atoms with E-state index in [2.05, 4.69) is 20.8 Å². The molecule has 2 rings (SSSR count). The Balaban J connectivity index is 1.90. The third kappa shape index (κ3) is 3.48. The second-order valence-corrected chi connectivity index (χ2v) is 4.95. The zero-order chi connectivity index (χ0) is 14.5. The van der Waals surface area contributed by atoms with E-state index >= 15 is 0 Å². The molecule has 0 amide bonds. The highest BCUT2D eigenvalue weighted by molar-refractivity contribution is 7.80. The van der Waals surface area contributed by atoms with Gasteiger partial charge in [0.25, 0.3) is 0 Å². The van der Waals surface area contributed by atoms with Crippen LogP contribution in [-0.4, -0.2) is 15.8 Å². The summed E-state index contributed by atoms with van der Waals surface area (Å²) in [4.78, 5) is 3.18. The predicted molar refractivity (Wildman–Crippen MR) is 83.8 cm³/mol. The van der Waals surface area contributed by atoms with E-state index in [9.17, 15) is 0 Å².